The molecular weight excluding hydrogens is 321 g/mol. The van der Waals surface area contributed by atoms with Crippen LogP contribution in [-0.4, -0.2) is 13.2 Å². The molecule has 1 unspecified atom stereocenters. The number of amides is 1. The van der Waals surface area contributed by atoms with E-state index in [-0.39, 0.29) is 17.3 Å². The Bertz CT molecular complexity index is 817. The van der Waals surface area contributed by atoms with Crippen molar-refractivity contribution in [3.8, 4) is 16.9 Å². The van der Waals surface area contributed by atoms with E-state index in [9.17, 15) is 9.18 Å². The lowest BCUT2D eigenvalue weighted by Crippen LogP contribution is -2.33. The van der Waals surface area contributed by atoms with Gasteiger partial charge < -0.3 is 15.2 Å². The predicted octanol–water partition coefficient (Wildman–Crippen LogP) is 4.61. The summed E-state index contributed by atoms with van der Waals surface area (Å²) in [5.41, 5.74) is 8.82. The number of carbonyl (C=O) groups is 1. The average molecular weight is 343 g/mol. The lowest BCUT2D eigenvalue weighted by Gasteiger charge is -2.39. The fourth-order valence-electron chi connectivity index (χ4n) is 3.45. The molecule has 0 saturated heterocycles. The van der Waals surface area contributed by atoms with E-state index in [1.807, 2.05) is 24.3 Å². The van der Waals surface area contributed by atoms with E-state index in [0.29, 0.717) is 0 Å². The number of nitrogens with two attached hydrogens (primary N) is 1. The monoisotopic (exact) mass is 343 g/mol. The highest BCUT2D eigenvalue weighted by molar-refractivity contribution is 5.67. The second kappa shape index (κ2) is 6.39. The maximum absolute atomic E-state index is 14.0. The standard InChI is InChI=1S/C20H22FNO3/c1-20(2)9-8-14-10-12(4-6-15(14)18(20)25-19(22)23)13-5-7-17(24-3)16(21)11-13/h4-7,10-11,18H,8-9H2,1-3H3,(H2,22,23). The third-order valence-corrected chi connectivity index (χ3v) is 4.89. The number of aryl methyl sites for hydroxylation is 1. The number of halogens is 1. The summed E-state index contributed by atoms with van der Waals surface area (Å²) in [6.07, 6.45) is 0.592. The van der Waals surface area contributed by atoms with Crippen molar-refractivity contribution in [2.75, 3.05) is 7.11 Å². The van der Waals surface area contributed by atoms with Crippen LogP contribution in [0.5, 0.6) is 5.75 Å². The molecular formula is C20H22FNO3. The quantitative estimate of drug-likeness (QED) is 0.885. The van der Waals surface area contributed by atoms with Gasteiger partial charge in [-0.25, -0.2) is 9.18 Å². The lowest BCUT2D eigenvalue weighted by molar-refractivity contribution is 0.0147. The highest BCUT2D eigenvalue weighted by Crippen LogP contribution is 2.46. The first-order valence-corrected chi connectivity index (χ1v) is 8.24. The van der Waals surface area contributed by atoms with Crippen LogP contribution in [0.4, 0.5) is 9.18 Å². The molecule has 1 amide bonds. The highest BCUT2D eigenvalue weighted by Gasteiger charge is 2.38. The molecule has 0 saturated carbocycles. The Morgan fingerprint density at radius 1 is 1.20 bits per heavy atom. The predicted molar refractivity (Wildman–Crippen MR) is 93.9 cm³/mol. The Morgan fingerprint density at radius 2 is 1.88 bits per heavy atom. The van der Waals surface area contributed by atoms with Gasteiger partial charge in [0.15, 0.2) is 11.6 Å². The Labute approximate surface area is 146 Å². The summed E-state index contributed by atoms with van der Waals surface area (Å²) in [5, 5.41) is 0. The second-order valence-electron chi connectivity index (χ2n) is 7.07. The van der Waals surface area contributed by atoms with Crippen LogP contribution in [0.25, 0.3) is 11.1 Å². The van der Waals surface area contributed by atoms with Gasteiger partial charge in [0, 0.05) is 5.41 Å². The minimum atomic E-state index is -0.771. The van der Waals surface area contributed by atoms with Crippen LogP contribution in [-0.2, 0) is 11.2 Å². The Kier molecular flexibility index (Phi) is 4.41. The van der Waals surface area contributed by atoms with Crippen molar-refractivity contribution in [2.24, 2.45) is 11.1 Å². The number of carbonyl (C=O) groups excluding carboxylic acids is 1. The smallest absolute Gasteiger partial charge is 0.405 e. The lowest BCUT2D eigenvalue weighted by atomic mass is 9.71. The molecule has 132 valence electrons. The molecule has 0 aliphatic heterocycles. The molecule has 0 spiro atoms. The molecule has 0 heterocycles. The van der Waals surface area contributed by atoms with E-state index in [1.54, 1.807) is 6.07 Å². The fourth-order valence-corrected chi connectivity index (χ4v) is 3.45. The van der Waals surface area contributed by atoms with Crippen molar-refractivity contribution >= 4 is 6.09 Å². The van der Waals surface area contributed by atoms with Crippen LogP contribution in [0, 0.1) is 11.2 Å². The Hall–Kier alpha value is -2.56. The molecule has 0 radical (unpaired) electrons. The van der Waals surface area contributed by atoms with Crippen molar-refractivity contribution in [1.82, 2.24) is 0 Å². The molecule has 25 heavy (non-hydrogen) atoms. The third kappa shape index (κ3) is 3.31. The third-order valence-electron chi connectivity index (χ3n) is 4.89. The van der Waals surface area contributed by atoms with Crippen LogP contribution < -0.4 is 10.5 Å². The van der Waals surface area contributed by atoms with Gasteiger partial charge in [0.2, 0.25) is 0 Å². The maximum Gasteiger partial charge on any atom is 0.405 e. The molecule has 2 aromatic carbocycles. The molecule has 3 rings (SSSR count). The highest BCUT2D eigenvalue weighted by atomic mass is 19.1. The van der Waals surface area contributed by atoms with E-state index in [2.05, 4.69) is 13.8 Å². The van der Waals surface area contributed by atoms with Gasteiger partial charge in [-0.3, -0.25) is 0 Å². The molecule has 4 nitrogen and oxygen atoms in total. The summed E-state index contributed by atoms with van der Waals surface area (Å²) in [6, 6.07) is 10.8. The molecule has 2 N–H and O–H groups in total. The summed E-state index contributed by atoms with van der Waals surface area (Å²) >= 11 is 0. The summed E-state index contributed by atoms with van der Waals surface area (Å²) < 4.78 is 24.3. The zero-order valence-corrected chi connectivity index (χ0v) is 14.6. The van der Waals surface area contributed by atoms with E-state index in [4.69, 9.17) is 15.2 Å². The summed E-state index contributed by atoms with van der Waals surface area (Å²) in [5.74, 6) is -0.174. The number of rotatable bonds is 3. The minimum Gasteiger partial charge on any atom is -0.494 e. The van der Waals surface area contributed by atoms with Crippen LogP contribution >= 0.6 is 0 Å². The number of methoxy groups -OCH3 is 1. The molecule has 2 aromatic rings. The summed E-state index contributed by atoms with van der Waals surface area (Å²) in [6.45, 7) is 4.13. The van der Waals surface area contributed by atoms with Gasteiger partial charge >= 0.3 is 6.09 Å². The van der Waals surface area contributed by atoms with Crippen molar-refractivity contribution in [2.45, 2.75) is 32.8 Å². The Balaban J connectivity index is 2.00. The van der Waals surface area contributed by atoms with Crippen molar-refractivity contribution in [3.63, 3.8) is 0 Å². The fraction of sp³-hybridized carbons (Fsp3) is 0.350. The number of fused-ring (bicyclic) bond motifs is 1. The van der Waals surface area contributed by atoms with Gasteiger partial charge in [0.1, 0.15) is 6.10 Å². The number of benzene rings is 2. The van der Waals surface area contributed by atoms with Crippen molar-refractivity contribution in [3.05, 3.63) is 53.3 Å². The zero-order valence-electron chi connectivity index (χ0n) is 14.6. The summed E-state index contributed by atoms with van der Waals surface area (Å²) in [7, 11) is 1.44. The van der Waals surface area contributed by atoms with Crippen molar-refractivity contribution < 1.29 is 18.7 Å². The zero-order chi connectivity index (χ0) is 18.2. The molecule has 1 aliphatic rings. The first kappa shape index (κ1) is 17.3. The van der Waals surface area contributed by atoms with Crippen LogP contribution in [0.1, 0.15) is 37.5 Å². The van der Waals surface area contributed by atoms with Gasteiger partial charge in [0.25, 0.3) is 0 Å². The van der Waals surface area contributed by atoms with Crippen molar-refractivity contribution in [1.29, 1.82) is 0 Å². The van der Waals surface area contributed by atoms with E-state index < -0.39 is 11.9 Å². The Morgan fingerprint density at radius 3 is 2.52 bits per heavy atom. The molecule has 1 aliphatic carbocycles. The normalized spacial score (nSPS) is 18.3. The van der Waals surface area contributed by atoms with Crippen LogP contribution in [0.3, 0.4) is 0 Å². The van der Waals surface area contributed by atoms with Gasteiger partial charge in [-0.1, -0.05) is 38.1 Å². The maximum atomic E-state index is 14.0. The van der Waals surface area contributed by atoms with Gasteiger partial charge in [0.05, 0.1) is 7.11 Å². The molecule has 5 heteroatoms. The number of ether oxygens (including phenoxy) is 2. The SMILES string of the molecule is COc1ccc(-c2ccc3c(c2)CCC(C)(C)C3OC(N)=O)cc1F. The van der Waals surface area contributed by atoms with Crippen LogP contribution in [0.15, 0.2) is 36.4 Å². The number of hydrogen-bond acceptors (Lipinski definition) is 3. The first-order chi connectivity index (χ1) is 11.8. The van der Waals surface area contributed by atoms with E-state index in [0.717, 1.165) is 35.1 Å². The van der Waals surface area contributed by atoms with Gasteiger partial charge in [-0.2, -0.15) is 0 Å². The van der Waals surface area contributed by atoms with Gasteiger partial charge in [-0.05, 0) is 47.2 Å². The summed E-state index contributed by atoms with van der Waals surface area (Å²) in [4.78, 5) is 11.3. The number of primary amides is 1. The molecule has 0 fully saturated rings. The second-order valence-corrected chi connectivity index (χ2v) is 7.07. The average Bonchev–Trinajstić information content (AvgIpc) is 2.57. The molecule has 1 atom stereocenters. The minimum absolute atomic E-state index is 0.185. The van der Waals surface area contributed by atoms with Gasteiger partial charge in [-0.15, -0.1) is 0 Å². The van der Waals surface area contributed by atoms with Crippen LogP contribution in [0.2, 0.25) is 0 Å². The topological polar surface area (TPSA) is 61.6 Å². The van der Waals surface area contributed by atoms with E-state index in [1.165, 1.54) is 13.2 Å². The molecule has 0 aromatic heterocycles. The molecule has 0 bridgehead atoms. The largest absolute Gasteiger partial charge is 0.494 e. The number of hydrogen-bond donors (Lipinski definition) is 1. The first-order valence-electron chi connectivity index (χ1n) is 8.24. The van der Waals surface area contributed by atoms with E-state index >= 15 is 0 Å².